The Balaban J connectivity index is 3.04. The van der Waals surface area contributed by atoms with Gasteiger partial charge in [-0.3, -0.25) is 0 Å². The van der Waals surface area contributed by atoms with Gasteiger partial charge in [0.25, 0.3) is 0 Å². The summed E-state index contributed by atoms with van der Waals surface area (Å²) >= 11 is 0. The van der Waals surface area contributed by atoms with E-state index in [1.807, 2.05) is 13.8 Å². The number of halogens is 1. The van der Waals surface area contributed by atoms with Crippen molar-refractivity contribution >= 4 is 0 Å². The van der Waals surface area contributed by atoms with Crippen LogP contribution < -0.4 is 4.74 Å². The van der Waals surface area contributed by atoms with E-state index in [0.29, 0.717) is 17.2 Å². The highest BCUT2D eigenvalue weighted by Crippen LogP contribution is 2.33. The zero-order valence-electron chi connectivity index (χ0n) is 12.7. The highest BCUT2D eigenvalue weighted by Gasteiger charge is 2.20. The Morgan fingerprint density at radius 3 is 2.45 bits per heavy atom. The van der Waals surface area contributed by atoms with Crippen LogP contribution in [0.25, 0.3) is 0 Å². The molecule has 0 bridgehead atoms. The van der Waals surface area contributed by atoms with Crippen molar-refractivity contribution in [2.24, 2.45) is 5.92 Å². The average molecular weight is 284 g/mol. The lowest BCUT2D eigenvalue weighted by molar-refractivity contribution is -0.00663. The quantitative estimate of drug-likeness (QED) is 0.791. The summed E-state index contributed by atoms with van der Waals surface area (Å²) in [6, 6.07) is 4.41. The minimum atomic E-state index is -0.308. The van der Waals surface area contributed by atoms with Gasteiger partial charge < -0.3 is 14.6 Å². The second kappa shape index (κ2) is 8.22. The molecule has 0 heterocycles. The fourth-order valence-corrected chi connectivity index (χ4v) is 2.07. The van der Waals surface area contributed by atoms with E-state index >= 15 is 0 Å². The van der Waals surface area contributed by atoms with Crippen LogP contribution in [0, 0.1) is 11.7 Å². The molecule has 114 valence electrons. The van der Waals surface area contributed by atoms with Crippen LogP contribution in [0.3, 0.4) is 0 Å². The van der Waals surface area contributed by atoms with E-state index in [1.165, 1.54) is 12.1 Å². The number of hydrogen-bond donors (Lipinski definition) is 1. The van der Waals surface area contributed by atoms with Crippen LogP contribution in [0.1, 0.15) is 45.8 Å². The third-order valence-electron chi connectivity index (χ3n) is 2.79. The minimum Gasteiger partial charge on any atom is -0.491 e. The molecule has 0 aliphatic carbocycles. The molecule has 1 rings (SSSR count). The minimum absolute atomic E-state index is 0.0488. The molecule has 0 aliphatic rings. The van der Waals surface area contributed by atoms with Crippen molar-refractivity contribution in [3.63, 3.8) is 0 Å². The van der Waals surface area contributed by atoms with E-state index in [4.69, 9.17) is 14.6 Å². The first-order chi connectivity index (χ1) is 9.43. The van der Waals surface area contributed by atoms with Gasteiger partial charge in [0.1, 0.15) is 18.2 Å². The Kier molecular flexibility index (Phi) is 6.96. The Bertz CT molecular complexity index is 395. The standard InChI is InChI=1S/C16H25FO3/c1-11(2)9-16(20-12(3)4)14-10-13(17)5-6-15(14)19-8-7-18/h5-6,10-12,16,18H,7-9H2,1-4H3/t16-/m0/s1. The summed E-state index contributed by atoms with van der Waals surface area (Å²) in [5.74, 6) is 0.692. The van der Waals surface area contributed by atoms with Crippen molar-refractivity contribution in [1.82, 2.24) is 0 Å². The number of aliphatic hydroxyl groups is 1. The summed E-state index contributed by atoms with van der Waals surface area (Å²) in [5.41, 5.74) is 0.709. The fraction of sp³-hybridized carbons (Fsp3) is 0.625. The van der Waals surface area contributed by atoms with Crippen LogP contribution >= 0.6 is 0 Å². The summed E-state index contributed by atoms with van der Waals surface area (Å²) in [4.78, 5) is 0. The van der Waals surface area contributed by atoms with Crippen molar-refractivity contribution in [1.29, 1.82) is 0 Å². The summed E-state index contributed by atoms with van der Waals surface area (Å²) in [6.45, 7) is 8.24. The van der Waals surface area contributed by atoms with Crippen LogP contribution in [-0.4, -0.2) is 24.4 Å². The number of ether oxygens (including phenoxy) is 2. The second-order valence-corrected chi connectivity index (χ2v) is 5.56. The molecule has 1 N–H and O–H groups in total. The van der Waals surface area contributed by atoms with Crippen LogP contribution in [0.5, 0.6) is 5.75 Å². The number of rotatable bonds is 8. The molecule has 3 nitrogen and oxygen atoms in total. The van der Waals surface area contributed by atoms with Gasteiger partial charge in [0.05, 0.1) is 18.8 Å². The van der Waals surface area contributed by atoms with Gasteiger partial charge in [-0.15, -0.1) is 0 Å². The van der Waals surface area contributed by atoms with Gasteiger partial charge in [0.15, 0.2) is 0 Å². The third-order valence-corrected chi connectivity index (χ3v) is 2.79. The molecule has 0 saturated heterocycles. The summed E-state index contributed by atoms with van der Waals surface area (Å²) in [5, 5.41) is 8.87. The number of hydrogen-bond acceptors (Lipinski definition) is 3. The van der Waals surface area contributed by atoms with E-state index in [1.54, 1.807) is 6.07 Å². The van der Waals surface area contributed by atoms with E-state index in [0.717, 1.165) is 6.42 Å². The van der Waals surface area contributed by atoms with Gasteiger partial charge in [0, 0.05) is 5.56 Å². The lowest BCUT2D eigenvalue weighted by atomic mass is 9.98. The molecule has 0 aliphatic heterocycles. The van der Waals surface area contributed by atoms with E-state index < -0.39 is 0 Å². The zero-order valence-corrected chi connectivity index (χ0v) is 12.7. The van der Waals surface area contributed by atoms with Crippen molar-refractivity contribution in [3.8, 4) is 5.75 Å². The normalized spacial score (nSPS) is 13.0. The maximum Gasteiger partial charge on any atom is 0.125 e. The second-order valence-electron chi connectivity index (χ2n) is 5.56. The molecular weight excluding hydrogens is 259 g/mol. The predicted molar refractivity (Wildman–Crippen MR) is 77.4 cm³/mol. The molecule has 1 aromatic rings. The molecule has 0 aromatic heterocycles. The fourth-order valence-electron chi connectivity index (χ4n) is 2.07. The SMILES string of the molecule is CC(C)C[C@H](OC(C)C)c1cc(F)ccc1OCCO. The Morgan fingerprint density at radius 1 is 1.20 bits per heavy atom. The lowest BCUT2D eigenvalue weighted by Gasteiger charge is -2.24. The molecular formula is C16H25FO3. The van der Waals surface area contributed by atoms with Crippen LogP contribution in [0.4, 0.5) is 4.39 Å². The highest BCUT2D eigenvalue weighted by atomic mass is 19.1. The number of aliphatic hydroxyl groups excluding tert-OH is 1. The molecule has 0 fully saturated rings. The van der Waals surface area contributed by atoms with Gasteiger partial charge in [-0.05, 0) is 44.4 Å². The lowest BCUT2D eigenvalue weighted by Crippen LogP contribution is -2.15. The van der Waals surface area contributed by atoms with Gasteiger partial charge in [-0.1, -0.05) is 13.8 Å². The topological polar surface area (TPSA) is 38.7 Å². The van der Waals surface area contributed by atoms with Crippen LogP contribution in [0.2, 0.25) is 0 Å². The molecule has 0 spiro atoms. The monoisotopic (exact) mass is 284 g/mol. The van der Waals surface area contributed by atoms with Crippen molar-refractivity contribution < 1.29 is 19.0 Å². The Morgan fingerprint density at radius 2 is 1.90 bits per heavy atom. The average Bonchev–Trinajstić information content (AvgIpc) is 2.35. The Labute approximate surface area is 120 Å². The first kappa shape index (κ1) is 16.9. The molecule has 0 saturated carbocycles. The Hall–Kier alpha value is -1.13. The molecule has 0 unspecified atom stereocenters. The maximum absolute atomic E-state index is 13.5. The van der Waals surface area contributed by atoms with Crippen LogP contribution in [-0.2, 0) is 4.74 Å². The smallest absolute Gasteiger partial charge is 0.125 e. The van der Waals surface area contributed by atoms with E-state index in [9.17, 15) is 4.39 Å². The maximum atomic E-state index is 13.5. The van der Waals surface area contributed by atoms with Gasteiger partial charge in [-0.25, -0.2) is 4.39 Å². The first-order valence-electron chi connectivity index (χ1n) is 7.12. The number of benzene rings is 1. The molecule has 0 radical (unpaired) electrons. The van der Waals surface area contributed by atoms with Crippen LogP contribution in [0.15, 0.2) is 18.2 Å². The predicted octanol–water partition coefficient (Wildman–Crippen LogP) is 3.71. The highest BCUT2D eigenvalue weighted by molar-refractivity contribution is 5.36. The van der Waals surface area contributed by atoms with Crippen molar-refractivity contribution in [2.75, 3.05) is 13.2 Å². The van der Waals surface area contributed by atoms with Crippen molar-refractivity contribution in [2.45, 2.75) is 46.3 Å². The largest absolute Gasteiger partial charge is 0.491 e. The first-order valence-corrected chi connectivity index (χ1v) is 7.12. The van der Waals surface area contributed by atoms with E-state index in [-0.39, 0.29) is 31.2 Å². The molecule has 20 heavy (non-hydrogen) atoms. The summed E-state index contributed by atoms with van der Waals surface area (Å²) in [6.07, 6.45) is 0.629. The zero-order chi connectivity index (χ0) is 15.1. The molecule has 1 aromatic carbocycles. The van der Waals surface area contributed by atoms with Gasteiger partial charge in [-0.2, -0.15) is 0 Å². The third kappa shape index (κ3) is 5.47. The van der Waals surface area contributed by atoms with Crippen molar-refractivity contribution in [3.05, 3.63) is 29.6 Å². The molecule has 4 heteroatoms. The summed E-state index contributed by atoms with van der Waals surface area (Å²) in [7, 11) is 0. The van der Waals surface area contributed by atoms with Gasteiger partial charge >= 0.3 is 0 Å². The molecule has 0 amide bonds. The van der Waals surface area contributed by atoms with Gasteiger partial charge in [0.2, 0.25) is 0 Å². The molecule has 1 atom stereocenters. The summed E-state index contributed by atoms with van der Waals surface area (Å²) < 4.78 is 24.9. The van der Waals surface area contributed by atoms with E-state index in [2.05, 4.69) is 13.8 Å².